The molecule has 9 heteroatoms. The van der Waals surface area contributed by atoms with E-state index >= 15 is 0 Å². The molecule has 1 saturated heterocycles. The molecule has 6 nitrogen and oxygen atoms in total. The van der Waals surface area contributed by atoms with E-state index < -0.39 is 23.6 Å². The van der Waals surface area contributed by atoms with Gasteiger partial charge in [-0.15, -0.1) is 0 Å². The number of anilines is 3. The van der Waals surface area contributed by atoms with E-state index in [0.29, 0.717) is 5.69 Å². The first-order chi connectivity index (χ1) is 16.2. The highest BCUT2D eigenvalue weighted by Gasteiger charge is 2.35. The molecule has 1 fully saturated rings. The van der Waals surface area contributed by atoms with Crippen LogP contribution >= 0.6 is 0 Å². The van der Waals surface area contributed by atoms with Gasteiger partial charge in [0.15, 0.2) is 0 Å². The smallest absolute Gasteiger partial charge is 0.326 e. The van der Waals surface area contributed by atoms with E-state index in [2.05, 4.69) is 10.6 Å². The average Bonchev–Trinajstić information content (AvgIpc) is 3.21. The number of para-hydroxylation sites is 1. The van der Waals surface area contributed by atoms with Gasteiger partial charge >= 0.3 is 6.18 Å². The van der Waals surface area contributed by atoms with E-state index in [1.54, 1.807) is 17.0 Å². The van der Waals surface area contributed by atoms with Crippen LogP contribution in [0, 0.1) is 5.92 Å². The molecule has 3 amide bonds. The van der Waals surface area contributed by atoms with Gasteiger partial charge in [0.05, 0.1) is 11.5 Å². The predicted octanol–water partition coefficient (Wildman–Crippen LogP) is 4.95. The number of alkyl halides is 3. The molecule has 0 aromatic heterocycles. The quantitative estimate of drug-likeness (QED) is 0.558. The molecule has 0 radical (unpaired) electrons. The van der Waals surface area contributed by atoms with Crippen molar-refractivity contribution in [3.05, 3.63) is 90.0 Å². The zero-order valence-electron chi connectivity index (χ0n) is 17.8. The fraction of sp³-hybridized carbons (Fsp3) is 0.160. The molecule has 0 aliphatic carbocycles. The molecule has 1 heterocycles. The number of nitrogens with zero attached hydrogens (tertiary/aromatic N) is 1. The molecule has 0 spiro atoms. The van der Waals surface area contributed by atoms with Gasteiger partial charge in [-0.2, -0.15) is 13.2 Å². The Labute approximate surface area is 193 Å². The Morgan fingerprint density at radius 3 is 2.24 bits per heavy atom. The summed E-state index contributed by atoms with van der Waals surface area (Å²) in [4.78, 5) is 39.0. The monoisotopic (exact) mass is 467 g/mol. The second-order valence-corrected chi connectivity index (χ2v) is 7.84. The Balaban J connectivity index is 1.36. The highest BCUT2D eigenvalue weighted by atomic mass is 19.4. The van der Waals surface area contributed by atoms with Crippen LogP contribution in [-0.4, -0.2) is 24.3 Å². The molecule has 34 heavy (non-hydrogen) atoms. The summed E-state index contributed by atoms with van der Waals surface area (Å²) in [6.45, 7) is 0.270. The summed E-state index contributed by atoms with van der Waals surface area (Å²) in [5, 5.41) is 5.17. The second kappa shape index (κ2) is 9.38. The van der Waals surface area contributed by atoms with Crippen molar-refractivity contribution in [3.63, 3.8) is 0 Å². The maximum Gasteiger partial charge on any atom is 0.416 e. The normalized spacial score (nSPS) is 15.8. The van der Waals surface area contributed by atoms with Gasteiger partial charge in [0.25, 0.3) is 5.91 Å². The zero-order valence-corrected chi connectivity index (χ0v) is 17.8. The van der Waals surface area contributed by atoms with Crippen molar-refractivity contribution in [1.82, 2.24) is 0 Å². The fourth-order valence-electron chi connectivity index (χ4n) is 3.67. The minimum atomic E-state index is -4.51. The number of hydrogen-bond donors (Lipinski definition) is 2. The lowest BCUT2D eigenvalue weighted by Crippen LogP contribution is -2.28. The number of halogens is 3. The van der Waals surface area contributed by atoms with Crippen LogP contribution in [0.1, 0.15) is 22.3 Å². The SMILES string of the molecule is O=C(Nc1cccc(C(F)(F)F)c1)c1ccc(NC(=O)C2CC(=O)N(c3ccccc3)C2)cc1. The van der Waals surface area contributed by atoms with E-state index in [-0.39, 0.29) is 36.0 Å². The lowest BCUT2D eigenvalue weighted by molar-refractivity contribution is -0.137. The highest BCUT2D eigenvalue weighted by molar-refractivity contribution is 6.05. The zero-order chi connectivity index (χ0) is 24.3. The second-order valence-electron chi connectivity index (χ2n) is 7.84. The molecule has 1 atom stereocenters. The van der Waals surface area contributed by atoms with Gasteiger partial charge in [-0.25, -0.2) is 0 Å². The van der Waals surface area contributed by atoms with Crippen molar-refractivity contribution in [3.8, 4) is 0 Å². The molecular weight excluding hydrogens is 447 g/mol. The van der Waals surface area contributed by atoms with E-state index in [1.165, 1.54) is 36.4 Å². The Hall–Kier alpha value is -4.14. The van der Waals surface area contributed by atoms with Crippen molar-refractivity contribution in [2.24, 2.45) is 5.92 Å². The fourth-order valence-corrected chi connectivity index (χ4v) is 3.67. The summed E-state index contributed by atoms with van der Waals surface area (Å²) in [5.74, 6) is -1.55. The molecule has 2 N–H and O–H groups in total. The van der Waals surface area contributed by atoms with Gasteiger partial charge in [0, 0.05) is 35.6 Å². The number of nitrogens with one attached hydrogen (secondary N) is 2. The van der Waals surface area contributed by atoms with Crippen LogP contribution < -0.4 is 15.5 Å². The molecule has 4 rings (SSSR count). The largest absolute Gasteiger partial charge is 0.416 e. The summed E-state index contributed by atoms with van der Waals surface area (Å²) < 4.78 is 38.5. The topological polar surface area (TPSA) is 78.5 Å². The van der Waals surface area contributed by atoms with Gasteiger partial charge in [-0.3, -0.25) is 14.4 Å². The Kier molecular flexibility index (Phi) is 6.36. The van der Waals surface area contributed by atoms with Crippen molar-refractivity contribution in [2.45, 2.75) is 12.6 Å². The molecule has 1 unspecified atom stereocenters. The standard InChI is InChI=1S/C25H20F3N3O3/c26-25(27,28)18-5-4-6-20(14-18)30-23(33)16-9-11-19(12-10-16)29-24(34)17-13-22(32)31(15-17)21-7-2-1-3-8-21/h1-12,14,17H,13,15H2,(H,29,34)(H,30,33). The number of rotatable bonds is 5. The first-order valence-corrected chi connectivity index (χ1v) is 10.5. The summed E-state index contributed by atoms with van der Waals surface area (Å²) in [5.41, 5.74) is 0.539. The van der Waals surface area contributed by atoms with Crippen LogP contribution in [0.15, 0.2) is 78.9 Å². The van der Waals surface area contributed by atoms with Crippen molar-refractivity contribution in [1.29, 1.82) is 0 Å². The van der Waals surface area contributed by atoms with Crippen molar-refractivity contribution in [2.75, 3.05) is 22.1 Å². The Bertz CT molecular complexity index is 1210. The number of hydrogen-bond acceptors (Lipinski definition) is 3. The molecule has 1 aliphatic rings. The molecule has 0 bridgehead atoms. The van der Waals surface area contributed by atoms with E-state index in [0.717, 1.165) is 17.8 Å². The van der Waals surface area contributed by atoms with E-state index in [1.807, 2.05) is 18.2 Å². The van der Waals surface area contributed by atoms with E-state index in [4.69, 9.17) is 0 Å². The van der Waals surface area contributed by atoms with Crippen LogP contribution in [0.3, 0.4) is 0 Å². The van der Waals surface area contributed by atoms with Crippen LogP contribution in [0.5, 0.6) is 0 Å². The third kappa shape index (κ3) is 5.25. The minimum absolute atomic E-state index is 0.0195. The molecule has 3 aromatic carbocycles. The lowest BCUT2D eigenvalue weighted by atomic mass is 10.1. The number of carbonyl (C=O) groups excluding carboxylic acids is 3. The van der Waals surface area contributed by atoms with Crippen LogP contribution in [0.2, 0.25) is 0 Å². The highest BCUT2D eigenvalue weighted by Crippen LogP contribution is 2.31. The summed E-state index contributed by atoms with van der Waals surface area (Å²) in [6, 6.07) is 19.4. The number of benzene rings is 3. The first kappa shape index (κ1) is 23.0. The van der Waals surface area contributed by atoms with Gasteiger partial charge < -0.3 is 15.5 Å². The summed E-state index contributed by atoms with van der Waals surface area (Å²) in [6.07, 6.45) is -4.42. The van der Waals surface area contributed by atoms with Crippen LogP contribution in [0.4, 0.5) is 30.2 Å². The van der Waals surface area contributed by atoms with Gasteiger partial charge in [0.2, 0.25) is 11.8 Å². The average molecular weight is 467 g/mol. The maximum atomic E-state index is 12.8. The Morgan fingerprint density at radius 2 is 1.56 bits per heavy atom. The third-order valence-corrected chi connectivity index (χ3v) is 5.43. The first-order valence-electron chi connectivity index (χ1n) is 10.5. The molecular formula is C25H20F3N3O3. The summed E-state index contributed by atoms with van der Waals surface area (Å²) >= 11 is 0. The maximum absolute atomic E-state index is 12.8. The summed E-state index contributed by atoms with van der Waals surface area (Å²) in [7, 11) is 0. The number of carbonyl (C=O) groups is 3. The molecule has 0 saturated carbocycles. The van der Waals surface area contributed by atoms with Crippen LogP contribution in [-0.2, 0) is 15.8 Å². The Morgan fingerprint density at radius 1 is 0.853 bits per heavy atom. The van der Waals surface area contributed by atoms with Gasteiger partial charge in [0.1, 0.15) is 0 Å². The van der Waals surface area contributed by atoms with Crippen molar-refractivity contribution < 1.29 is 27.6 Å². The number of amides is 3. The van der Waals surface area contributed by atoms with Crippen LogP contribution in [0.25, 0.3) is 0 Å². The third-order valence-electron chi connectivity index (χ3n) is 5.43. The van der Waals surface area contributed by atoms with Gasteiger partial charge in [-0.1, -0.05) is 24.3 Å². The van der Waals surface area contributed by atoms with E-state index in [9.17, 15) is 27.6 Å². The van der Waals surface area contributed by atoms with Gasteiger partial charge in [-0.05, 0) is 54.6 Å². The molecule has 1 aliphatic heterocycles. The van der Waals surface area contributed by atoms with Crippen molar-refractivity contribution >= 4 is 34.8 Å². The molecule has 3 aromatic rings. The molecule has 174 valence electrons. The predicted molar refractivity (Wildman–Crippen MR) is 121 cm³/mol. The lowest BCUT2D eigenvalue weighted by Gasteiger charge is -2.16. The minimum Gasteiger partial charge on any atom is -0.326 e.